The molecule has 0 atom stereocenters. The molecular weight excluding hydrogens is 342 g/mol. The Morgan fingerprint density at radius 2 is 2.00 bits per heavy atom. The van der Waals surface area contributed by atoms with Crippen molar-refractivity contribution in [1.82, 2.24) is 9.78 Å². The number of ether oxygens (including phenoxy) is 2. The number of carbonyl (C=O) groups is 1. The Bertz CT molecular complexity index is 933. The number of hydrogen-bond donors (Lipinski definition) is 1. The highest BCUT2D eigenvalue weighted by atomic mass is 16.5. The average molecular weight is 363 g/mol. The van der Waals surface area contributed by atoms with Crippen molar-refractivity contribution in [3.63, 3.8) is 0 Å². The van der Waals surface area contributed by atoms with E-state index < -0.39 is 0 Å². The second-order valence-corrected chi connectivity index (χ2v) is 5.68. The van der Waals surface area contributed by atoms with E-state index in [9.17, 15) is 4.79 Å². The van der Waals surface area contributed by atoms with E-state index in [1.54, 1.807) is 42.3 Å². The normalized spacial score (nSPS) is 10.7. The summed E-state index contributed by atoms with van der Waals surface area (Å²) >= 11 is 0. The number of methoxy groups -OCH3 is 1. The van der Waals surface area contributed by atoms with Gasteiger partial charge >= 0.3 is 0 Å². The standard InChI is InChI=1S/C21H21N3O3/c1-3-27-19-11-10-17(13-20(19)26-2)23-21(25)12-9-16-14-22-24(15-16)18-7-5-4-6-8-18/h4-15H,3H2,1-2H3,(H,23,25)/b12-9+. The second-order valence-electron chi connectivity index (χ2n) is 5.68. The zero-order chi connectivity index (χ0) is 19.1. The molecule has 27 heavy (non-hydrogen) atoms. The predicted molar refractivity (Wildman–Crippen MR) is 105 cm³/mol. The van der Waals surface area contributed by atoms with Crippen LogP contribution in [0, 0.1) is 0 Å². The van der Waals surface area contributed by atoms with Gasteiger partial charge in [-0.15, -0.1) is 0 Å². The molecule has 0 bridgehead atoms. The maximum Gasteiger partial charge on any atom is 0.248 e. The average Bonchev–Trinajstić information content (AvgIpc) is 3.17. The molecule has 6 heteroatoms. The lowest BCUT2D eigenvalue weighted by molar-refractivity contribution is -0.111. The minimum atomic E-state index is -0.242. The first-order chi connectivity index (χ1) is 13.2. The Morgan fingerprint density at radius 3 is 2.74 bits per heavy atom. The third-order valence-corrected chi connectivity index (χ3v) is 3.78. The van der Waals surface area contributed by atoms with E-state index in [1.807, 2.05) is 43.5 Å². The van der Waals surface area contributed by atoms with Gasteiger partial charge in [0.25, 0.3) is 0 Å². The van der Waals surface area contributed by atoms with Crippen LogP contribution in [-0.2, 0) is 4.79 Å². The van der Waals surface area contributed by atoms with Crippen LogP contribution in [0.3, 0.4) is 0 Å². The summed E-state index contributed by atoms with van der Waals surface area (Å²) in [5.41, 5.74) is 2.42. The van der Waals surface area contributed by atoms with Crippen LogP contribution >= 0.6 is 0 Å². The molecule has 0 saturated heterocycles. The van der Waals surface area contributed by atoms with Crippen molar-refractivity contribution in [2.24, 2.45) is 0 Å². The van der Waals surface area contributed by atoms with Gasteiger partial charge in [0.1, 0.15) is 0 Å². The number of anilines is 1. The van der Waals surface area contributed by atoms with Gasteiger partial charge in [0.15, 0.2) is 11.5 Å². The molecule has 0 aliphatic carbocycles. The SMILES string of the molecule is CCOc1ccc(NC(=O)/C=C/c2cnn(-c3ccccc3)c2)cc1OC. The molecule has 0 spiro atoms. The fraction of sp³-hybridized carbons (Fsp3) is 0.143. The molecule has 3 aromatic rings. The van der Waals surface area contributed by atoms with Gasteiger partial charge in [-0.1, -0.05) is 18.2 Å². The van der Waals surface area contributed by atoms with Gasteiger partial charge in [0.05, 0.1) is 25.6 Å². The highest BCUT2D eigenvalue weighted by molar-refractivity contribution is 6.02. The number of nitrogens with zero attached hydrogens (tertiary/aromatic N) is 2. The molecule has 0 aliphatic heterocycles. The summed E-state index contributed by atoms with van der Waals surface area (Å²) in [5, 5.41) is 7.11. The van der Waals surface area contributed by atoms with Gasteiger partial charge in [-0.3, -0.25) is 4.79 Å². The Kier molecular flexibility index (Phi) is 5.89. The van der Waals surface area contributed by atoms with Crippen LogP contribution in [0.2, 0.25) is 0 Å². The fourth-order valence-corrected chi connectivity index (χ4v) is 2.52. The number of amides is 1. The maximum absolute atomic E-state index is 12.2. The minimum absolute atomic E-state index is 0.242. The number of aromatic nitrogens is 2. The van der Waals surface area contributed by atoms with Gasteiger partial charge in [-0.2, -0.15) is 5.10 Å². The van der Waals surface area contributed by atoms with E-state index >= 15 is 0 Å². The van der Waals surface area contributed by atoms with Crippen LogP contribution in [0.4, 0.5) is 5.69 Å². The molecule has 138 valence electrons. The van der Waals surface area contributed by atoms with Crippen LogP contribution < -0.4 is 14.8 Å². The number of carbonyl (C=O) groups excluding carboxylic acids is 1. The number of hydrogen-bond acceptors (Lipinski definition) is 4. The van der Waals surface area contributed by atoms with Crippen molar-refractivity contribution in [1.29, 1.82) is 0 Å². The van der Waals surface area contributed by atoms with Crippen LogP contribution in [0.5, 0.6) is 11.5 Å². The van der Waals surface area contributed by atoms with Crippen molar-refractivity contribution in [3.05, 3.63) is 72.6 Å². The molecule has 0 unspecified atom stereocenters. The summed E-state index contributed by atoms with van der Waals surface area (Å²) < 4.78 is 12.5. The van der Waals surface area contributed by atoms with Crippen LogP contribution in [0.25, 0.3) is 11.8 Å². The van der Waals surface area contributed by atoms with Crippen LogP contribution in [0.15, 0.2) is 67.0 Å². The first-order valence-corrected chi connectivity index (χ1v) is 8.59. The highest BCUT2D eigenvalue weighted by Crippen LogP contribution is 2.30. The van der Waals surface area contributed by atoms with Crippen molar-refractivity contribution in [3.8, 4) is 17.2 Å². The lowest BCUT2D eigenvalue weighted by atomic mass is 10.2. The van der Waals surface area contributed by atoms with Crippen molar-refractivity contribution >= 4 is 17.7 Å². The quantitative estimate of drug-likeness (QED) is 0.646. The third-order valence-electron chi connectivity index (χ3n) is 3.78. The molecule has 6 nitrogen and oxygen atoms in total. The zero-order valence-corrected chi connectivity index (χ0v) is 15.3. The molecule has 1 heterocycles. The highest BCUT2D eigenvalue weighted by Gasteiger charge is 2.07. The first kappa shape index (κ1) is 18.3. The predicted octanol–water partition coefficient (Wildman–Crippen LogP) is 3.93. The summed E-state index contributed by atoms with van der Waals surface area (Å²) in [6.45, 7) is 2.45. The number of para-hydroxylation sites is 1. The zero-order valence-electron chi connectivity index (χ0n) is 15.3. The van der Waals surface area contributed by atoms with Crippen molar-refractivity contribution in [2.45, 2.75) is 6.92 Å². The Labute approximate surface area is 158 Å². The Balaban J connectivity index is 1.65. The summed E-state index contributed by atoms with van der Waals surface area (Å²) in [7, 11) is 1.56. The largest absolute Gasteiger partial charge is 0.493 e. The monoisotopic (exact) mass is 363 g/mol. The van der Waals surface area contributed by atoms with Crippen LogP contribution in [-0.4, -0.2) is 29.4 Å². The molecule has 0 saturated carbocycles. The number of benzene rings is 2. The fourth-order valence-electron chi connectivity index (χ4n) is 2.52. The Hall–Kier alpha value is -3.54. The van der Waals surface area contributed by atoms with Gasteiger partial charge in [0.2, 0.25) is 5.91 Å². The van der Waals surface area contributed by atoms with E-state index in [1.165, 1.54) is 6.08 Å². The molecule has 0 aliphatic rings. The maximum atomic E-state index is 12.2. The summed E-state index contributed by atoms with van der Waals surface area (Å²) in [6.07, 6.45) is 6.75. The van der Waals surface area contributed by atoms with E-state index in [4.69, 9.17) is 9.47 Å². The van der Waals surface area contributed by atoms with E-state index in [0.717, 1.165) is 11.3 Å². The van der Waals surface area contributed by atoms with Gasteiger partial charge in [0, 0.05) is 29.6 Å². The summed E-state index contributed by atoms with van der Waals surface area (Å²) in [6, 6.07) is 15.0. The first-order valence-electron chi connectivity index (χ1n) is 8.59. The summed E-state index contributed by atoms with van der Waals surface area (Å²) in [4.78, 5) is 12.2. The topological polar surface area (TPSA) is 65.4 Å². The molecular formula is C21H21N3O3. The molecule has 1 N–H and O–H groups in total. The lowest BCUT2D eigenvalue weighted by Crippen LogP contribution is -2.08. The van der Waals surface area contributed by atoms with Gasteiger partial charge in [-0.25, -0.2) is 4.68 Å². The van der Waals surface area contributed by atoms with E-state index in [2.05, 4.69) is 10.4 Å². The molecule has 1 aromatic heterocycles. The molecule has 1 amide bonds. The Morgan fingerprint density at radius 1 is 1.19 bits per heavy atom. The molecule has 2 aromatic carbocycles. The van der Waals surface area contributed by atoms with Gasteiger partial charge < -0.3 is 14.8 Å². The number of nitrogens with one attached hydrogen (secondary N) is 1. The van der Waals surface area contributed by atoms with Crippen LogP contribution in [0.1, 0.15) is 12.5 Å². The van der Waals surface area contributed by atoms with Crippen molar-refractivity contribution < 1.29 is 14.3 Å². The summed E-state index contributed by atoms with van der Waals surface area (Å²) in [5.74, 6) is 0.971. The molecule has 0 fully saturated rings. The molecule has 3 rings (SSSR count). The van der Waals surface area contributed by atoms with E-state index in [0.29, 0.717) is 23.8 Å². The lowest BCUT2D eigenvalue weighted by Gasteiger charge is -2.11. The number of rotatable bonds is 7. The van der Waals surface area contributed by atoms with Crippen molar-refractivity contribution in [2.75, 3.05) is 19.0 Å². The van der Waals surface area contributed by atoms with E-state index in [-0.39, 0.29) is 5.91 Å². The smallest absolute Gasteiger partial charge is 0.248 e. The second kappa shape index (κ2) is 8.71. The molecule has 0 radical (unpaired) electrons. The van der Waals surface area contributed by atoms with Gasteiger partial charge in [-0.05, 0) is 37.3 Å². The third kappa shape index (κ3) is 4.76. The minimum Gasteiger partial charge on any atom is -0.493 e.